The molecular weight excluding hydrogens is 328 g/mol. The van der Waals surface area contributed by atoms with Gasteiger partial charge in [0, 0.05) is 51.3 Å². The van der Waals surface area contributed by atoms with Crippen LogP contribution in [-0.4, -0.2) is 50.6 Å². The molecule has 144 valence electrons. The van der Waals surface area contributed by atoms with Crippen LogP contribution in [0.5, 0.6) is 0 Å². The smallest absolute Gasteiger partial charge is 0.227 e. The van der Waals surface area contributed by atoms with Crippen molar-refractivity contribution in [2.24, 2.45) is 16.8 Å². The molecule has 1 aromatic rings. The van der Waals surface area contributed by atoms with E-state index in [9.17, 15) is 4.79 Å². The SMILES string of the molecule is CCC(C)C(=O)Nc1cccc(CNC(=NC)N(C)CC2CCOC2)c1. The summed E-state index contributed by atoms with van der Waals surface area (Å²) in [6.45, 7) is 7.25. The molecule has 6 nitrogen and oxygen atoms in total. The van der Waals surface area contributed by atoms with E-state index in [1.54, 1.807) is 7.05 Å². The van der Waals surface area contributed by atoms with Crippen molar-refractivity contribution in [3.05, 3.63) is 29.8 Å². The number of benzene rings is 1. The largest absolute Gasteiger partial charge is 0.381 e. The molecule has 2 rings (SSSR count). The fourth-order valence-corrected chi connectivity index (χ4v) is 2.98. The van der Waals surface area contributed by atoms with Gasteiger partial charge >= 0.3 is 0 Å². The molecule has 0 aromatic heterocycles. The zero-order chi connectivity index (χ0) is 18.9. The van der Waals surface area contributed by atoms with Crippen LogP contribution >= 0.6 is 0 Å². The molecule has 0 saturated carbocycles. The second kappa shape index (κ2) is 10.2. The van der Waals surface area contributed by atoms with Crippen molar-refractivity contribution < 1.29 is 9.53 Å². The van der Waals surface area contributed by atoms with E-state index in [4.69, 9.17) is 4.74 Å². The van der Waals surface area contributed by atoms with Crippen LogP contribution in [-0.2, 0) is 16.1 Å². The van der Waals surface area contributed by atoms with Gasteiger partial charge in [0.15, 0.2) is 5.96 Å². The number of carbonyl (C=O) groups excluding carboxylic acids is 1. The van der Waals surface area contributed by atoms with Crippen LogP contribution < -0.4 is 10.6 Å². The van der Waals surface area contributed by atoms with Crippen molar-refractivity contribution in [3.8, 4) is 0 Å². The summed E-state index contributed by atoms with van der Waals surface area (Å²) in [4.78, 5) is 18.6. The molecule has 1 fully saturated rings. The summed E-state index contributed by atoms with van der Waals surface area (Å²) in [6.07, 6.45) is 1.95. The van der Waals surface area contributed by atoms with Gasteiger partial charge in [0.1, 0.15) is 0 Å². The molecule has 0 aliphatic carbocycles. The molecule has 1 aromatic carbocycles. The molecule has 26 heavy (non-hydrogen) atoms. The number of hydrogen-bond donors (Lipinski definition) is 2. The van der Waals surface area contributed by atoms with Crippen LogP contribution in [0, 0.1) is 11.8 Å². The van der Waals surface area contributed by atoms with Crippen molar-refractivity contribution in [1.29, 1.82) is 0 Å². The second-order valence-electron chi connectivity index (χ2n) is 7.01. The van der Waals surface area contributed by atoms with Crippen LogP contribution in [0.25, 0.3) is 0 Å². The monoisotopic (exact) mass is 360 g/mol. The highest BCUT2D eigenvalue weighted by Gasteiger charge is 2.19. The highest BCUT2D eigenvalue weighted by molar-refractivity contribution is 5.92. The Labute approximate surface area is 157 Å². The number of rotatable bonds is 7. The first kappa shape index (κ1) is 20.2. The number of anilines is 1. The minimum Gasteiger partial charge on any atom is -0.381 e. The molecule has 6 heteroatoms. The fourth-order valence-electron chi connectivity index (χ4n) is 2.98. The van der Waals surface area contributed by atoms with Gasteiger partial charge in [-0.25, -0.2) is 0 Å². The maximum absolute atomic E-state index is 12.1. The summed E-state index contributed by atoms with van der Waals surface area (Å²) in [5.41, 5.74) is 1.94. The van der Waals surface area contributed by atoms with Gasteiger partial charge in [0.05, 0.1) is 6.61 Å². The third-order valence-corrected chi connectivity index (χ3v) is 4.83. The fraction of sp³-hybridized carbons (Fsp3) is 0.600. The standard InChI is InChI=1S/C20H32N4O2/c1-5-15(2)19(25)23-18-8-6-7-16(11-18)12-22-20(21-3)24(4)13-17-9-10-26-14-17/h6-8,11,15,17H,5,9-10,12-14H2,1-4H3,(H,21,22)(H,23,25). The van der Waals surface area contributed by atoms with Gasteiger partial charge in [-0.2, -0.15) is 0 Å². The molecule has 0 radical (unpaired) electrons. The number of amides is 1. The van der Waals surface area contributed by atoms with E-state index < -0.39 is 0 Å². The van der Waals surface area contributed by atoms with E-state index in [0.29, 0.717) is 12.5 Å². The Hall–Kier alpha value is -2.08. The molecule has 2 N–H and O–H groups in total. The van der Waals surface area contributed by atoms with Crippen molar-refractivity contribution in [1.82, 2.24) is 10.2 Å². The molecule has 0 spiro atoms. The van der Waals surface area contributed by atoms with E-state index in [2.05, 4.69) is 27.6 Å². The molecule has 1 heterocycles. The van der Waals surface area contributed by atoms with Gasteiger partial charge in [-0.15, -0.1) is 0 Å². The first-order chi connectivity index (χ1) is 12.5. The van der Waals surface area contributed by atoms with Gasteiger partial charge in [0.2, 0.25) is 5.91 Å². The quantitative estimate of drug-likeness (QED) is 0.580. The number of guanidine groups is 1. The zero-order valence-corrected chi connectivity index (χ0v) is 16.4. The third kappa shape index (κ3) is 6.02. The Morgan fingerprint density at radius 2 is 2.27 bits per heavy atom. The first-order valence-corrected chi connectivity index (χ1v) is 9.42. The summed E-state index contributed by atoms with van der Waals surface area (Å²) in [5.74, 6) is 1.51. The molecule has 1 aliphatic heterocycles. The Bertz CT molecular complexity index is 612. The van der Waals surface area contributed by atoms with Gasteiger partial charge in [-0.3, -0.25) is 9.79 Å². The summed E-state index contributed by atoms with van der Waals surface area (Å²) in [7, 11) is 3.85. The number of hydrogen-bond acceptors (Lipinski definition) is 3. The topological polar surface area (TPSA) is 66.0 Å². The lowest BCUT2D eigenvalue weighted by Crippen LogP contribution is -2.41. The average Bonchev–Trinajstić information content (AvgIpc) is 3.14. The summed E-state index contributed by atoms with van der Waals surface area (Å²) >= 11 is 0. The van der Waals surface area contributed by atoms with Crippen LogP contribution in [0.15, 0.2) is 29.3 Å². The number of carbonyl (C=O) groups is 1. The van der Waals surface area contributed by atoms with Crippen molar-refractivity contribution in [3.63, 3.8) is 0 Å². The van der Waals surface area contributed by atoms with Crippen molar-refractivity contribution in [2.75, 3.05) is 39.2 Å². The molecule has 0 bridgehead atoms. The average molecular weight is 361 g/mol. The Kier molecular flexibility index (Phi) is 7.91. The lowest BCUT2D eigenvalue weighted by atomic mass is 10.1. The normalized spacial score (nSPS) is 18.5. The van der Waals surface area contributed by atoms with E-state index in [0.717, 1.165) is 49.8 Å². The summed E-state index contributed by atoms with van der Waals surface area (Å²) in [5, 5.41) is 6.38. The van der Waals surface area contributed by atoms with Crippen LogP contribution in [0.3, 0.4) is 0 Å². The summed E-state index contributed by atoms with van der Waals surface area (Å²) < 4.78 is 5.45. The van der Waals surface area contributed by atoms with E-state index in [1.807, 2.05) is 38.1 Å². The molecular formula is C20H32N4O2. The van der Waals surface area contributed by atoms with Crippen LogP contribution in [0.1, 0.15) is 32.3 Å². The molecule has 2 atom stereocenters. The zero-order valence-electron chi connectivity index (χ0n) is 16.4. The van der Waals surface area contributed by atoms with Gasteiger partial charge in [-0.05, 0) is 30.5 Å². The second-order valence-corrected chi connectivity index (χ2v) is 7.01. The minimum atomic E-state index is 0.0174. The van der Waals surface area contributed by atoms with E-state index >= 15 is 0 Å². The van der Waals surface area contributed by atoms with Gasteiger partial charge in [-0.1, -0.05) is 26.0 Å². The maximum atomic E-state index is 12.1. The highest BCUT2D eigenvalue weighted by Crippen LogP contribution is 2.14. The van der Waals surface area contributed by atoms with Gasteiger partial charge < -0.3 is 20.3 Å². The Morgan fingerprint density at radius 1 is 1.46 bits per heavy atom. The molecule has 2 unspecified atom stereocenters. The highest BCUT2D eigenvalue weighted by atomic mass is 16.5. The first-order valence-electron chi connectivity index (χ1n) is 9.42. The molecule has 1 aliphatic rings. The summed E-state index contributed by atoms with van der Waals surface area (Å²) in [6, 6.07) is 7.94. The molecule has 1 saturated heterocycles. The molecule has 1 amide bonds. The number of ether oxygens (including phenoxy) is 1. The maximum Gasteiger partial charge on any atom is 0.227 e. The van der Waals surface area contributed by atoms with Gasteiger partial charge in [0.25, 0.3) is 0 Å². The van der Waals surface area contributed by atoms with Crippen molar-refractivity contribution >= 4 is 17.6 Å². The third-order valence-electron chi connectivity index (χ3n) is 4.83. The van der Waals surface area contributed by atoms with E-state index in [1.165, 1.54) is 0 Å². The minimum absolute atomic E-state index is 0.0174. The number of nitrogens with zero attached hydrogens (tertiary/aromatic N) is 2. The van der Waals surface area contributed by atoms with Crippen molar-refractivity contribution in [2.45, 2.75) is 33.2 Å². The van der Waals surface area contributed by atoms with Crippen LogP contribution in [0.2, 0.25) is 0 Å². The Morgan fingerprint density at radius 3 is 2.92 bits per heavy atom. The lowest BCUT2D eigenvalue weighted by Gasteiger charge is -2.24. The lowest BCUT2D eigenvalue weighted by molar-refractivity contribution is -0.119. The Balaban J connectivity index is 1.89. The number of nitrogens with one attached hydrogen (secondary N) is 2. The van der Waals surface area contributed by atoms with Crippen LogP contribution in [0.4, 0.5) is 5.69 Å². The number of aliphatic imine (C=N–C) groups is 1. The predicted octanol–water partition coefficient (Wildman–Crippen LogP) is 2.71. The van der Waals surface area contributed by atoms with E-state index in [-0.39, 0.29) is 11.8 Å². The predicted molar refractivity (Wildman–Crippen MR) is 106 cm³/mol.